The molecule has 110 valence electrons. The van der Waals surface area contributed by atoms with Gasteiger partial charge < -0.3 is 5.32 Å². The molecule has 3 rings (SSSR count). The van der Waals surface area contributed by atoms with E-state index < -0.39 is 0 Å². The number of fused-ring (bicyclic) bond motifs is 1. The second-order valence-corrected chi connectivity index (χ2v) is 7.11. The van der Waals surface area contributed by atoms with Crippen LogP contribution in [0.1, 0.15) is 37.8 Å². The number of nitrogens with zero attached hydrogens (tertiary/aromatic N) is 1. The van der Waals surface area contributed by atoms with Crippen molar-refractivity contribution in [3.63, 3.8) is 0 Å². The summed E-state index contributed by atoms with van der Waals surface area (Å²) >= 11 is 2.03. The van der Waals surface area contributed by atoms with Crippen LogP contribution in [0.2, 0.25) is 0 Å². The average Bonchev–Trinajstić information content (AvgIpc) is 2.53. The molecule has 2 aliphatic rings. The molecule has 0 radical (unpaired) electrons. The molecule has 1 aromatic rings. The van der Waals surface area contributed by atoms with Crippen LogP contribution in [0, 0.1) is 5.92 Å². The molecule has 0 spiro atoms. The van der Waals surface area contributed by atoms with Gasteiger partial charge in [-0.2, -0.15) is 0 Å². The van der Waals surface area contributed by atoms with Gasteiger partial charge in [-0.05, 0) is 68.7 Å². The zero-order chi connectivity index (χ0) is 13.8. The Morgan fingerprint density at radius 1 is 1.20 bits per heavy atom. The first-order valence-corrected chi connectivity index (χ1v) is 9.03. The molecule has 1 saturated heterocycles. The summed E-state index contributed by atoms with van der Waals surface area (Å²) in [5.74, 6) is 2.17. The lowest BCUT2D eigenvalue weighted by Gasteiger charge is -2.40. The first-order chi connectivity index (χ1) is 9.88. The van der Waals surface area contributed by atoms with E-state index in [1.807, 2.05) is 11.8 Å². The van der Waals surface area contributed by atoms with Gasteiger partial charge in [0.2, 0.25) is 0 Å². The van der Waals surface area contributed by atoms with Gasteiger partial charge >= 0.3 is 0 Å². The van der Waals surface area contributed by atoms with Crippen molar-refractivity contribution >= 4 is 11.8 Å². The quantitative estimate of drug-likeness (QED) is 0.913. The summed E-state index contributed by atoms with van der Waals surface area (Å²) in [4.78, 5) is 4.25. The van der Waals surface area contributed by atoms with Crippen LogP contribution >= 0.6 is 11.8 Å². The lowest BCUT2D eigenvalue weighted by atomic mass is 9.93. The zero-order valence-corrected chi connectivity index (χ0v) is 13.3. The van der Waals surface area contributed by atoms with Crippen molar-refractivity contribution in [1.82, 2.24) is 10.2 Å². The standard InChI is InChI=1S/C17H26N2S/c1-2-18-13-14-7-10-19(11-8-14)16-9-12-20-17-6-4-3-5-15(16)17/h3-6,14,16,18H,2,7-13H2,1H3. The number of likely N-dealkylation sites (tertiary alicyclic amines) is 1. The molecule has 2 heterocycles. The monoisotopic (exact) mass is 290 g/mol. The van der Waals surface area contributed by atoms with Gasteiger partial charge in [-0.15, -0.1) is 11.8 Å². The van der Waals surface area contributed by atoms with Crippen LogP contribution in [0.25, 0.3) is 0 Å². The average molecular weight is 290 g/mol. The Hall–Kier alpha value is -0.510. The minimum Gasteiger partial charge on any atom is -0.317 e. The highest BCUT2D eigenvalue weighted by Gasteiger charge is 2.29. The highest BCUT2D eigenvalue weighted by Crippen LogP contribution is 2.40. The highest BCUT2D eigenvalue weighted by atomic mass is 32.2. The maximum absolute atomic E-state index is 3.51. The topological polar surface area (TPSA) is 15.3 Å². The van der Waals surface area contributed by atoms with E-state index in [4.69, 9.17) is 0 Å². The highest BCUT2D eigenvalue weighted by molar-refractivity contribution is 7.99. The minimum absolute atomic E-state index is 0.674. The van der Waals surface area contributed by atoms with E-state index >= 15 is 0 Å². The number of hydrogen-bond acceptors (Lipinski definition) is 3. The van der Waals surface area contributed by atoms with Gasteiger partial charge in [0.25, 0.3) is 0 Å². The van der Waals surface area contributed by atoms with Crippen molar-refractivity contribution < 1.29 is 0 Å². The molecule has 1 fully saturated rings. The van der Waals surface area contributed by atoms with Crippen LogP contribution in [0.4, 0.5) is 0 Å². The number of piperidine rings is 1. The Bertz CT molecular complexity index is 427. The second kappa shape index (κ2) is 6.97. The first kappa shape index (κ1) is 14.4. The number of rotatable bonds is 4. The number of hydrogen-bond donors (Lipinski definition) is 1. The smallest absolute Gasteiger partial charge is 0.0367 e. The molecule has 0 aromatic heterocycles. The summed E-state index contributed by atoms with van der Waals surface area (Å²) in [5.41, 5.74) is 1.58. The van der Waals surface area contributed by atoms with E-state index in [-0.39, 0.29) is 0 Å². The number of thioether (sulfide) groups is 1. The van der Waals surface area contributed by atoms with Gasteiger partial charge in [0, 0.05) is 10.9 Å². The molecule has 20 heavy (non-hydrogen) atoms. The van der Waals surface area contributed by atoms with Gasteiger partial charge in [-0.25, -0.2) is 0 Å². The van der Waals surface area contributed by atoms with E-state index in [9.17, 15) is 0 Å². The van der Waals surface area contributed by atoms with Crippen LogP contribution in [0.3, 0.4) is 0 Å². The number of nitrogens with one attached hydrogen (secondary N) is 1. The van der Waals surface area contributed by atoms with Crippen molar-refractivity contribution in [2.45, 2.75) is 37.1 Å². The summed E-state index contributed by atoms with van der Waals surface area (Å²) in [7, 11) is 0. The third kappa shape index (κ3) is 3.21. The molecule has 2 nitrogen and oxygen atoms in total. The Balaban J connectivity index is 1.62. The van der Waals surface area contributed by atoms with Crippen LogP contribution in [-0.2, 0) is 0 Å². The Kier molecular flexibility index (Phi) is 5.03. The molecule has 0 bridgehead atoms. The first-order valence-electron chi connectivity index (χ1n) is 8.05. The van der Waals surface area contributed by atoms with Crippen molar-refractivity contribution in [3.05, 3.63) is 29.8 Å². The molecule has 0 amide bonds. The molecule has 1 N–H and O–H groups in total. The van der Waals surface area contributed by atoms with E-state index in [2.05, 4.69) is 41.4 Å². The van der Waals surface area contributed by atoms with Gasteiger partial charge in [0.1, 0.15) is 0 Å². The van der Waals surface area contributed by atoms with Gasteiger partial charge in [-0.3, -0.25) is 4.90 Å². The van der Waals surface area contributed by atoms with Crippen molar-refractivity contribution in [3.8, 4) is 0 Å². The minimum atomic E-state index is 0.674. The molecular formula is C17H26N2S. The molecule has 0 saturated carbocycles. The van der Waals surface area contributed by atoms with Gasteiger partial charge in [0.05, 0.1) is 0 Å². The molecule has 1 aromatic carbocycles. The fourth-order valence-electron chi connectivity index (χ4n) is 3.52. The molecular weight excluding hydrogens is 264 g/mol. The SMILES string of the molecule is CCNCC1CCN(C2CCSc3ccccc32)CC1. The molecule has 3 heteroatoms. The fourth-order valence-corrected chi connectivity index (χ4v) is 4.63. The summed E-state index contributed by atoms with van der Waals surface area (Å²) in [5, 5.41) is 3.51. The predicted octanol–water partition coefficient (Wildman–Crippen LogP) is 3.55. The van der Waals surface area contributed by atoms with E-state index in [0.29, 0.717) is 6.04 Å². The summed E-state index contributed by atoms with van der Waals surface area (Å²) < 4.78 is 0. The summed E-state index contributed by atoms with van der Waals surface area (Å²) in [6, 6.07) is 9.69. The lowest BCUT2D eigenvalue weighted by molar-refractivity contribution is 0.126. The van der Waals surface area contributed by atoms with Crippen LogP contribution in [0.15, 0.2) is 29.2 Å². The summed E-state index contributed by atoms with van der Waals surface area (Å²) in [6.45, 7) is 7.07. The van der Waals surface area contributed by atoms with E-state index in [0.717, 1.165) is 12.5 Å². The third-order valence-corrected chi connectivity index (χ3v) is 5.82. The Labute approximate surface area is 127 Å². The Morgan fingerprint density at radius 3 is 2.80 bits per heavy atom. The normalized spacial score (nSPS) is 24.6. The zero-order valence-electron chi connectivity index (χ0n) is 12.5. The van der Waals surface area contributed by atoms with Gasteiger partial charge in [0.15, 0.2) is 0 Å². The molecule has 1 atom stereocenters. The van der Waals surface area contributed by atoms with Crippen LogP contribution in [0.5, 0.6) is 0 Å². The lowest BCUT2D eigenvalue weighted by Crippen LogP contribution is -2.40. The fraction of sp³-hybridized carbons (Fsp3) is 0.647. The second-order valence-electron chi connectivity index (χ2n) is 5.98. The van der Waals surface area contributed by atoms with Crippen LogP contribution in [-0.4, -0.2) is 36.8 Å². The largest absolute Gasteiger partial charge is 0.317 e. The van der Waals surface area contributed by atoms with Gasteiger partial charge in [-0.1, -0.05) is 25.1 Å². The Morgan fingerprint density at radius 2 is 2.00 bits per heavy atom. The maximum Gasteiger partial charge on any atom is 0.0367 e. The molecule has 1 unspecified atom stereocenters. The van der Waals surface area contributed by atoms with Crippen molar-refractivity contribution in [1.29, 1.82) is 0 Å². The molecule has 2 aliphatic heterocycles. The van der Waals surface area contributed by atoms with Crippen molar-refractivity contribution in [2.24, 2.45) is 5.92 Å². The van der Waals surface area contributed by atoms with E-state index in [1.54, 1.807) is 5.56 Å². The molecule has 0 aliphatic carbocycles. The maximum atomic E-state index is 3.51. The predicted molar refractivity (Wildman–Crippen MR) is 87.4 cm³/mol. The van der Waals surface area contributed by atoms with E-state index in [1.165, 1.54) is 49.5 Å². The summed E-state index contributed by atoms with van der Waals surface area (Å²) in [6.07, 6.45) is 4.04. The number of benzene rings is 1. The van der Waals surface area contributed by atoms with Crippen molar-refractivity contribution in [2.75, 3.05) is 31.9 Å². The third-order valence-electron chi connectivity index (χ3n) is 4.70. The van der Waals surface area contributed by atoms with Crippen LogP contribution < -0.4 is 5.32 Å².